The molecule has 0 aliphatic rings. The number of nitrogens with zero attached hydrogens (tertiary/aromatic N) is 1. The SMILES string of the molecule is CCCCCCCNC(=O)Nc1ccccc1C(=O)Nc1ccc(N(C)C)cc1.Cl. The molecular weight excluding hydrogens is 400 g/mol. The number of rotatable bonds is 10. The zero-order chi connectivity index (χ0) is 21.1. The molecule has 0 saturated carbocycles. The first-order chi connectivity index (χ1) is 14.0. The fourth-order valence-electron chi connectivity index (χ4n) is 2.93. The van der Waals surface area contributed by atoms with E-state index in [9.17, 15) is 9.59 Å². The second-order valence-corrected chi connectivity index (χ2v) is 7.24. The Morgan fingerprint density at radius 2 is 1.53 bits per heavy atom. The van der Waals surface area contributed by atoms with Gasteiger partial charge in [0.1, 0.15) is 0 Å². The van der Waals surface area contributed by atoms with Crippen molar-refractivity contribution in [2.75, 3.05) is 36.2 Å². The van der Waals surface area contributed by atoms with Crippen LogP contribution in [-0.4, -0.2) is 32.6 Å². The molecule has 6 nitrogen and oxygen atoms in total. The number of unbranched alkanes of at least 4 members (excludes halogenated alkanes) is 4. The number of hydrogen-bond acceptors (Lipinski definition) is 3. The summed E-state index contributed by atoms with van der Waals surface area (Å²) in [6, 6.07) is 14.3. The maximum absolute atomic E-state index is 12.7. The number of para-hydroxylation sites is 1. The molecular formula is C23H33ClN4O2. The summed E-state index contributed by atoms with van der Waals surface area (Å²) in [7, 11) is 3.93. The number of amides is 3. The number of halogens is 1. The van der Waals surface area contributed by atoms with Gasteiger partial charge in [0.15, 0.2) is 0 Å². The molecule has 2 rings (SSSR count). The van der Waals surface area contributed by atoms with Crippen molar-refractivity contribution in [3.63, 3.8) is 0 Å². The summed E-state index contributed by atoms with van der Waals surface area (Å²) in [6.07, 6.45) is 5.69. The number of hydrogen-bond donors (Lipinski definition) is 3. The van der Waals surface area contributed by atoms with Gasteiger partial charge in [-0.2, -0.15) is 0 Å². The van der Waals surface area contributed by atoms with Crippen molar-refractivity contribution in [2.24, 2.45) is 0 Å². The highest BCUT2D eigenvalue weighted by Crippen LogP contribution is 2.19. The number of benzene rings is 2. The van der Waals surface area contributed by atoms with E-state index in [2.05, 4.69) is 22.9 Å². The van der Waals surface area contributed by atoms with E-state index in [-0.39, 0.29) is 24.3 Å². The number of nitrogens with one attached hydrogen (secondary N) is 3. The van der Waals surface area contributed by atoms with Crippen LogP contribution in [0.25, 0.3) is 0 Å². The zero-order valence-electron chi connectivity index (χ0n) is 18.0. The average Bonchev–Trinajstić information content (AvgIpc) is 2.71. The van der Waals surface area contributed by atoms with Crippen molar-refractivity contribution in [3.05, 3.63) is 54.1 Å². The fraction of sp³-hybridized carbons (Fsp3) is 0.391. The zero-order valence-corrected chi connectivity index (χ0v) is 18.8. The smallest absolute Gasteiger partial charge is 0.319 e. The summed E-state index contributed by atoms with van der Waals surface area (Å²) < 4.78 is 0. The Morgan fingerprint density at radius 3 is 2.20 bits per heavy atom. The fourth-order valence-corrected chi connectivity index (χ4v) is 2.93. The molecule has 0 heterocycles. The van der Waals surface area contributed by atoms with E-state index in [1.807, 2.05) is 43.3 Å². The van der Waals surface area contributed by atoms with Gasteiger partial charge in [-0.05, 0) is 42.8 Å². The molecule has 0 spiro atoms. The van der Waals surface area contributed by atoms with Gasteiger partial charge in [-0.25, -0.2) is 4.79 Å². The van der Waals surface area contributed by atoms with Crippen LogP contribution in [0.4, 0.5) is 21.9 Å². The second-order valence-electron chi connectivity index (χ2n) is 7.24. The maximum atomic E-state index is 12.7. The number of carbonyl (C=O) groups is 2. The highest BCUT2D eigenvalue weighted by molar-refractivity contribution is 6.10. The van der Waals surface area contributed by atoms with E-state index in [1.165, 1.54) is 19.3 Å². The average molecular weight is 433 g/mol. The highest BCUT2D eigenvalue weighted by atomic mass is 35.5. The standard InChI is InChI=1S/C23H32N4O2.ClH/c1-4-5-6-7-10-17-24-23(29)26-21-12-9-8-11-20(21)22(28)25-18-13-15-19(16-14-18)27(2)3;/h8-9,11-16H,4-7,10,17H2,1-3H3,(H,25,28)(H2,24,26,29);1H. The molecule has 0 aliphatic heterocycles. The molecule has 0 fully saturated rings. The Morgan fingerprint density at radius 1 is 0.867 bits per heavy atom. The predicted octanol–water partition coefficient (Wildman–Crippen LogP) is 5.52. The molecule has 0 aliphatic carbocycles. The quantitative estimate of drug-likeness (QED) is 0.433. The van der Waals surface area contributed by atoms with Gasteiger partial charge in [0.25, 0.3) is 5.91 Å². The van der Waals surface area contributed by atoms with Crippen molar-refractivity contribution in [3.8, 4) is 0 Å². The summed E-state index contributed by atoms with van der Waals surface area (Å²) in [5.74, 6) is -0.266. The minimum absolute atomic E-state index is 0. The van der Waals surface area contributed by atoms with Gasteiger partial charge < -0.3 is 20.9 Å². The Hall–Kier alpha value is -2.73. The molecule has 2 aromatic carbocycles. The minimum atomic E-state index is -0.295. The van der Waals surface area contributed by atoms with Crippen LogP contribution in [0.5, 0.6) is 0 Å². The third-order valence-electron chi connectivity index (χ3n) is 4.63. The number of carbonyl (C=O) groups excluding carboxylic acids is 2. The molecule has 0 radical (unpaired) electrons. The van der Waals surface area contributed by atoms with E-state index in [0.717, 1.165) is 18.5 Å². The highest BCUT2D eigenvalue weighted by Gasteiger charge is 2.13. The van der Waals surface area contributed by atoms with E-state index in [1.54, 1.807) is 24.3 Å². The summed E-state index contributed by atoms with van der Waals surface area (Å²) >= 11 is 0. The summed E-state index contributed by atoms with van der Waals surface area (Å²) in [6.45, 7) is 2.81. The minimum Gasteiger partial charge on any atom is -0.378 e. The maximum Gasteiger partial charge on any atom is 0.319 e. The molecule has 3 N–H and O–H groups in total. The van der Waals surface area contributed by atoms with Gasteiger partial charge >= 0.3 is 6.03 Å². The molecule has 0 saturated heterocycles. The number of anilines is 3. The van der Waals surface area contributed by atoms with Crippen molar-refractivity contribution in [2.45, 2.75) is 39.0 Å². The van der Waals surface area contributed by atoms with Gasteiger partial charge in [0.2, 0.25) is 0 Å². The monoisotopic (exact) mass is 432 g/mol. The molecule has 164 valence electrons. The lowest BCUT2D eigenvalue weighted by Gasteiger charge is -2.14. The molecule has 0 unspecified atom stereocenters. The first-order valence-electron chi connectivity index (χ1n) is 10.2. The Kier molecular flexibility index (Phi) is 11.4. The lowest BCUT2D eigenvalue weighted by atomic mass is 10.1. The van der Waals surface area contributed by atoms with Gasteiger partial charge in [-0.1, -0.05) is 44.7 Å². The third-order valence-corrected chi connectivity index (χ3v) is 4.63. The molecule has 0 bridgehead atoms. The van der Waals surface area contributed by atoms with Crippen molar-refractivity contribution >= 4 is 41.4 Å². The van der Waals surface area contributed by atoms with Gasteiger partial charge in [0.05, 0.1) is 11.3 Å². The summed E-state index contributed by atoms with van der Waals surface area (Å²) in [4.78, 5) is 26.9. The van der Waals surface area contributed by atoms with E-state index in [4.69, 9.17) is 0 Å². The van der Waals surface area contributed by atoms with Crippen LogP contribution in [0.3, 0.4) is 0 Å². The van der Waals surface area contributed by atoms with Crippen LogP contribution >= 0.6 is 12.4 Å². The van der Waals surface area contributed by atoms with E-state index < -0.39 is 0 Å². The van der Waals surface area contributed by atoms with Gasteiger partial charge in [0, 0.05) is 32.0 Å². The third kappa shape index (κ3) is 8.33. The molecule has 30 heavy (non-hydrogen) atoms. The summed E-state index contributed by atoms with van der Waals surface area (Å²) in [5.41, 5.74) is 2.66. The predicted molar refractivity (Wildman–Crippen MR) is 128 cm³/mol. The second kappa shape index (κ2) is 13.5. The lowest BCUT2D eigenvalue weighted by Crippen LogP contribution is -2.30. The van der Waals surface area contributed by atoms with Crippen molar-refractivity contribution in [1.82, 2.24) is 5.32 Å². The largest absolute Gasteiger partial charge is 0.378 e. The summed E-state index contributed by atoms with van der Waals surface area (Å²) in [5, 5.41) is 8.52. The molecule has 0 aromatic heterocycles. The Bertz CT molecular complexity index is 794. The number of urea groups is 1. The van der Waals surface area contributed by atoms with E-state index >= 15 is 0 Å². The molecule has 0 atom stereocenters. The van der Waals surface area contributed by atoms with Crippen LogP contribution in [0.2, 0.25) is 0 Å². The lowest BCUT2D eigenvalue weighted by molar-refractivity contribution is 0.102. The first kappa shape index (κ1) is 25.3. The van der Waals surface area contributed by atoms with Crippen LogP contribution in [-0.2, 0) is 0 Å². The van der Waals surface area contributed by atoms with Crippen LogP contribution < -0.4 is 20.9 Å². The molecule has 3 amide bonds. The normalized spacial score (nSPS) is 9.97. The molecule has 2 aromatic rings. The van der Waals surface area contributed by atoms with Gasteiger partial charge in [-0.15, -0.1) is 12.4 Å². The van der Waals surface area contributed by atoms with Crippen molar-refractivity contribution in [1.29, 1.82) is 0 Å². The first-order valence-corrected chi connectivity index (χ1v) is 10.2. The van der Waals surface area contributed by atoms with Gasteiger partial charge in [-0.3, -0.25) is 4.79 Å². The molecule has 7 heteroatoms. The topological polar surface area (TPSA) is 73.5 Å². The van der Waals surface area contributed by atoms with Crippen molar-refractivity contribution < 1.29 is 9.59 Å². The Labute approximate surface area is 185 Å². The van der Waals surface area contributed by atoms with Crippen LogP contribution in [0.1, 0.15) is 49.4 Å². The van der Waals surface area contributed by atoms with Crippen LogP contribution in [0, 0.1) is 0 Å². The van der Waals surface area contributed by atoms with Crippen LogP contribution in [0.15, 0.2) is 48.5 Å². The Balaban J connectivity index is 0.00000450. The van der Waals surface area contributed by atoms with E-state index in [0.29, 0.717) is 23.5 Å².